The van der Waals surface area contributed by atoms with E-state index in [4.69, 9.17) is 9.15 Å². The number of sulfone groups is 1. The number of hydrogen-bond acceptors (Lipinski definition) is 8. The molecule has 0 aliphatic heterocycles. The highest BCUT2D eigenvalue weighted by Crippen LogP contribution is 2.33. The zero-order chi connectivity index (χ0) is 20.2. The van der Waals surface area contributed by atoms with Gasteiger partial charge in [0.25, 0.3) is 0 Å². The lowest BCUT2D eigenvalue weighted by atomic mass is 9.92. The van der Waals surface area contributed by atoms with Crippen molar-refractivity contribution in [3.8, 4) is 5.75 Å². The fourth-order valence-corrected chi connectivity index (χ4v) is 3.20. The molecule has 0 spiro atoms. The fraction of sp³-hybridized carbons (Fsp3) is 0.333. The van der Waals surface area contributed by atoms with Gasteiger partial charge in [-0.2, -0.15) is 0 Å². The maximum atomic E-state index is 12.0. The molecular formula is C18H20O8S. The average Bonchev–Trinajstić information content (AvgIpc) is 2.62. The second-order valence-corrected chi connectivity index (χ2v) is 7.87. The number of aromatic hydroxyl groups is 1. The predicted molar refractivity (Wildman–Crippen MR) is 95.2 cm³/mol. The van der Waals surface area contributed by atoms with Crippen LogP contribution in [-0.4, -0.2) is 37.5 Å². The van der Waals surface area contributed by atoms with Gasteiger partial charge in [-0.15, -0.1) is 0 Å². The van der Waals surface area contributed by atoms with Gasteiger partial charge < -0.3 is 19.4 Å². The Bertz CT molecular complexity index is 973. The second kappa shape index (κ2) is 8.36. The normalized spacial score (nSPS) is 12.6. The Morgan fingerprint density at radius 1 is 1.26 bits per heavy atom. The number of carbonyl (C=O) groups is 1. The Morgan fingerprint density at radius 2 is 1.89 bits per heavy atom. The van der Waals surface area contributed by atoms with Crippen molar-refractivity contribution in [1.82, 2.24) is 0 Å². The average molecular weight is 396 g/mol. The van der Waals surface area contributed by atoms with E-state index in [-0.39, 0.29) is 29.4 Å². The van der Waals surface area contributed by atoms with E-state index < -0.39 is 39.5 Å². The van der Waals surface area contributed by atoms with Gasteiger partial charge in [-0.05, 0) is 24.6 Å². The SMILES string of the molecule is CCOC(=O)C[C@H](c1ccc(S(C)(=O)=O)cc1)c1oc(CO)cc(=O)c1O. The van der Waals surface area contributed by atoms with Crippen LogP contribution in [0.25, 0.3) is 0 Å². The Labute approximate surface area is 155 Å². The van der Waals surface area contributed by atoms with E-state index in [1.165, 1.54) is 24.3 Å². The first-order valence-electron chi connectivity index (χ1n) is 8.09. The molecule has 0 aliphatic carbocycles. The van der Waals surface area contributed by atoms with Crippen LogP contribution >= 0.6 is 0 Å². The third-order valence-electron chi connectivity index (χ3n) is 3.86. The molecule has 0 unspecified atom stereocenters. The maximum absolute atomic E-state index is 12.0. The quantitative estimate of drug-likeness (QED) is 0.670. The minimum Gasteiger partial charge on any atom is -0.502 e. The lowest BCUT2D eigenvalue weighted by Crippen LogP contribution is -2.15. The van der Waals surface area contributed by atoms with Crippen LogP contribution in [0.3, 0.4) is 0 Å². The van der Waals surface area contributed by atoms with Gasteiger partial charge in [0.1, 0.15) is 12.4 Å². The summed E-state index contributed by atoms with van der Waals surface area (Å²) in [7, 11) is -3.41. The topological polar surface area (TPSA) is 131 Å². The molecule has 1 atom stereocenters. The molecule has 1 aromatic carbocycles. The summed E-state index contributed by atoms with van der Waals surface area (Å²) in [6.45, 7) is 1.21. The molecule has 0 radical (unpaired) electrons. The van der Waals surface area contributed by atoms with Gasteiger partial charge in [-0.25, -0.2) is 8.42 Å². The van der Waals surface area contributed by atoms with Crippen molar-refractivity contribution in [3.63, 3.8) is 0 Å². The van der Waals surface area contributed by atoms with E-state index in [1.807, 2.05) is 0 Å². The van der Waals surface area contributed by atoms with Crippen molar-refractivity contribution in [2.24, 2.45) is 0 Å². The number of ether oxygens (including phenoxy) is 1. The standard InChI is InChI=1S/C18H20O8S/c1-3-25-16(21)9-14(11-4-6-13(7-5-11)27(2,23)24)18-17(22)15(20)8-12(10-19)26-18/h4-8,14,19,22H,3,9-10H2,1-2H3/t14-/m1/s1. The number of aliphatic hydroxyl groups is 1. The van der Waals surface area contributed by atoms with Gasteiger partial charge in [0.05, 0.1) is 23.8 Å². The molecule has 1 aromatic heterocycles. The largest absolute Gasteiger partial charge is 0.502 e. The number of aliphatic hydroxyl groups excluding tert-OH is 1. The lowest BCUT2D eigenvalue weighted by molar-refractivity contribution is -0.143. The fourth-order valence-electron chi connectivity index (χ4n) is 2.56. The van der Waals surface area contributed by atoms with Crippen LogP contribution in [0.2, 0.25) is 0 Å². The molecule has 2 N–H and O–H groups in total. The Kier molecular flexibility index (Phi) is 6.40. The number of hydrogen-bond donors (Lipinski definition) is 2. The molecule has 0 saturated heterocycles. The van der Waals surface area contributed by atoms with Crippen LogP contribution in [0.15, 0.2) is 44.4 Å². The highest BCUT2D eigenvalue weighted by Gasteiger charge is 2.27. The molecule has 0 amide bonds. The molecule has 8 nitrogen and oxygen atoms in total. The van der Waals surface area contributed by atoms with Crippen LogP contribution in [0.4, 0.5) is 0 Å². The molecule has 27 heavy (non-hydrogen) atoms. The van der Waals surface area contributed by atoms with E-state index in [0.29, 0.717) is 5.56 Å². The Balaban J connectivity index is 2.57. The summed E-state index contributed by atoms with van der Waals surface area (Å²) in [5.41, 5.74) is -0.328. The molecular weight excluding hydrogens is 376 g/mol. The molecule has 1 heterocycles. The highest BCUT2D eigenvalue weighted by molar-refractivity contribution is 7.90. The van der Waals surface area contributed by atoms with E-state index >= 15 is 0 Å². The molecule has 146 valence electrons. The molecule has 2 rings (SSSR count). The summed E-state index contributed by atoms with van der Waals surface area (Å²) in [6.07, 6.45) is 0.811. The molecule has 9 heteroatoms. The highest BCUT2D eigenvalue weighted by atomic mass is 32.2. The van der Waals surface area contributed by atoms with E-state index in [2.05, 4.69) is 0 Å². The minimum atomic E-state index is -3.41. The first kappa shape index (κ1) is 20.7. The van der Waals surface area contributed by atoms with Gasteiger partial charge in [0, 0.05) is 12.3 Å². The number of benzene rings is 1. The maximum Gasteiger partial charge on any atom is 0.306 e. The zero-order valence-electron chi connectivity index (χ0n) is 14.8. The summed E-state index contributed by atoms with van der Waals surface area (Å²) >= 11 is 0. The molecule has 0 saturated carbocycles. The number of esters is 1. The molecule has 0 aliphatic rings. The van der Waals surface area contributed by atoms with Gasteiger partial charge in [0.15, 0.2) is 15.6 Å². The molecule has 2 aromatic rings. The third kappa shape index (κ3) is 4.95. The van der Waals surface area contributed by atoms with Crippen LogP contribution in [0, 0.1) is 0 Å². The van der Waals surface area contributed by atoms with E-state index in [0.717, 1.165) is 12.3 Å². The number of rotatable bonds is 7. The van der Waals surface area contributed by atoms with Crippen LogP contribution < -0.4 is 5.43 Å². The summed E-state index contributed by atoms with van der Waals surface area (Å²) in [5, 5.41) is 19.4. The third-order valence-corrected chi connectivity index (χ3v) is 4.99. The molecule has 0 fully saturated rings. The van der Waals surface area contributed by atoms with Crippen LogP contribution in [0.5, 0.6) is 5.75 Å². The summed E-state index contributed by atoms with van der Waals surface area (Å²) < 4.78 is 33.6. The predicted octanol–water partition coefficient (Wildman–Crippen LogP) is 1.33. The first-order valence-corrected chi connectivity index (χ1v) is 9.98. The molecule has 0 bridgehead atoms. The van der Waals surface area contributed by atoms with Crippen molar-refractivity contribution >= 4 is 15.8 Å². The van der Waals surface area contributed by atoms with E-state index in [9.17, 15) is 28.2 Å². The van der Waals surface area contributed by atoms with Crippen molar-refractivity contribution in [1.29, 1.82) is 0 Å². The van der Waals surface area contributed by atoms with Crippen LogP contribution in [0.1, 0.15) is 36.3 Å². The summed E-state index contributed by atoms with van der Waals surface area (Å²) in [5.74, 6) is -2.46. The van der Waals surface area contributed by atoms with E-state index in [1.54, 1.807) is 6.92 Å². The first-order chi connectivity index (χ1) is 12.7. The Hall–Kier alpha value is -2.65. The van der Waals surface area contributed by atoms with Gasteiger partial charge >= 0.3 is 5.97 Å². The van der Waals surface area contributed by atoms with Crippen molar-refractivity contribution in [3.05, 3.63) is 57.6 Å². The van der Waals surface area contributed by atoms with Crippen molar-refractivity contribution < 1.29 is 32.6 Å². The monoisotopic (exact) mass is 396 g/mol. The van der Waals surface area contributed by atoms with Crippen molar-refractivity contribution in [2.45, 2.75) is 30.8 Å². The second-order valence-electron chi connectivity index (χ2n) is 5.85. The van der Waals surface area contributed by atoms with Crippen molar-refractivity contribution in [2.75, 3.05) is 12.9 Å². The lowest BCUT2D eigenvalue weighted by Gasteiger charge is -2.18. The summed E-state index contributed by atoms with van der Waals surface area (Å²) in [4.78, 5) is 24.0. The van der Waals surface area contributed by atoms with Gasteiger partial charge in [0.2, 0.25) is 11.2 Å². The minimum absolute atomic E-state index is 0.0746. The smallest absolute Gasteiger partial charge is 0.306 e. The van der Waals surface area contributed by atoms with Gasteiger partial charge in [-0.1, -0.05) is 12.1 Å². The van der Waals surface area contributed by atoms with Crippen LogP contribution in [-0.2, 0) is 26.0 Å². The van der Waals surface area contributed by atoms with Gasteiger partial charge in [-0.3, -0.25) is 9.59 Å². The Morgan fingerprint density at radius 3 is 2.41 bits per heavy atom. The summed E-state index contributed by atoms with van der Waals surface area (Å²) in [6, 6.07) is 6.59. The number of carbonyl (C=O) groups excluding carboxylic acids is 1. The zero-order valence-corrected chi connectivity index (χ0v) is 15.7.